The van der Waals surface area contributed by atoms with Gasteiger partial charge in [0.15, 0.2) is 0 Å². The molecule has 3 fully saturated rings. The molecule has 0 radical (unpaired) electrons. The molecule has 2 aliphatic heterocycles. The average Bonchev–Trinajstić information content (AvgIpc) is 3.21. The third kappa shape index (κ3) is 4.13. The number of aliphatic hydroxyl groups excluding tert-OH is 2. The molecule has 1 aromatic heterocycles. The number of rotatable bonds is 5. The van der Waals surface area contributed by atoms with E-state index in [1.54, 1.807) is 17.9 Å². The molecule has 31 heavy (non-hydrogen) atoms. The van der Waals surface area contributed by atoms with Gasteiger partial charge in [-0.15, -0.1) is 11.3 Å². The number of aliphatic hydroxyl groups is 3. The first-order chi connectivity index (χ1) is 14.8. The van der Waals surface area contributed by atoms with E-state index in [0.717, 1.165) is 0 Å². The molecule has 2 saturated heterocycles. The number of hydrogen-bond donors (Lipinski definition) is 5. The van der Waals surface area contributed by atoms with Crippen LogP contribution in [0.5, 0.6) is 0 Å². The molecule has 1 aliphatic carbocycles. The summed E-state index contributed by atoms with van der Waals surface area (Å²) in [6.45, 7) is 3.71. The van der Waals surface area contributed by atoms with Crippen molar-refractivity contribution in [2.45, 2.75) is 87.8 Å². The Morgan fingerprint density at radius 1 is 1.32 bits per heavy atom. The molecule has 3 heterocycles. The van der Waals surface area contributed by atoms with Gasteiger partial charge >= 0.3 is 0 Å². The van der Waals surface area contributed by atoms with Crippen LogP contribution in [0, 0.1) is 5.92 Å². The van der Waals surface area contributed by atoms with Gasteiger partial charge in [-0.3, -0.25) is 4.79 Å². The number of nitrogens with zero attached hydrogens (tertiary/aromatic N) is 1. The van der Waals surface area contributed by atoms with Crippen molar-refractivity contribution in [3.05, 3.63) is 16.6 Å². The van der Waals surface area contributed by atoms with Gasteiger partial charge in [-0.05, 0) is 26.8 Å². The fraction of sp³-hybridized carbons (Fsp3) is 0.800. The summed E-state index contributed by atoms with van der Waals surface area (Å²) in [5.74, 6) is -2.69. The van der Waals surface area contributed by atoms with Crippen LogP contribution in [0.4, 0.5) is 0 Å². The summed E-state index contributed by atoms with van der Waals surface area (Å²) in [6.07, 6.45) is -4.09. The predicted octanol–water partition coefficient (Wildman–Crippen LogP) is -0.872. The van der Waals surface area contributed by atoms with Crippen molar-refractivity contribution < 1.29 is 34.3 Å². The minimum Gasteiger partial charge on any atom is -0.391 e. The molecule has 1 amide bonds. The van der Waals surface area contributed by atoms with Crippen molar-refractivity contribution in [1.29, 1.82) is 0 Å². The summed E-state index contributed by atoms with van der Waals surface area (Å²) in [5, 5.41) is 40.8. The number of likely N-dealkylation sites (N-methyl/N-ethyl adjacent to an activating group) is 1. The van der Waals surface area contributed by atoms with Crippen molar-refractivity contribution in [3.63, 3.8) is 0 Å². The van der Waals surface area contributed by atoms with E-state index in [1.165, 1.54) is 11.3 Å². The molecule has 10 atom stereocenters. The zero-order valence-corrected chi connectivity index (χ0v) is 18.6. The van der Waals surface area contributed by atoms with E-state index >= 15 is 0 Å². The van der Waals surface area contributed by atoms with Gasteiger partial charge in [-0.25, -0.2) is 4.98 Å². The second-order valence-electron chi connectivity index (χ2n) is 8.59. The second kappa shape index (κ2) is 8.99. The number of amides is 1. The topological polar surface area (TPSA) is 142 Å². The van der Waals surface area contributed by atoms with E-state index in [0.29, 0.717) is 18.5 Å². The molecule has 1 aromatic rings. The highest BCUT2D eigenvalue weighted by Gasteiger charge is 2.63. The minimum absolute atomic E-state index is 0.0810. The molecule has 11 heteroatoms. The van der Waals surface area contributed by atoms with Gasteiger partial charge in [0.25, 0.3) is 0 Å². The van der Waals surface area contributed by atoms with E-state index in [2.05, 4.69) is 15.6 Å². The second-order valence-corrected chi connectivity index (χ2v) is 9.31. The Morgan fingerprint density at radius 2 is 2.10 bits per heavy atom. The smallest absolute Gasteiger partial charge is 0.239 e. The quantitative estimate of drug-likeness (QED) is 0.381. The number of thiazole rings is 1. The molecule has 10 nitrogen and oxygen atoms in total. The van der Waals surface area contributed by atoms with Crippen LogP contribution < -0.4 is 10.6 Å². The first-order valence-corrected chi connectivity index (χ1v) is 11.6. The van der Waals surface area contributed by atoms with E-state index in [4.69, 9.17) is 14.2 Å². The van der Waals surface area contributed by atoms with Gasteiger partial charge < -0.3 is 40.2 Å². The maximum Gasteiger partial charge on any atom is 0.239 e. The van der Waals surface area contributed by atoms with Gasteiger partial charge in [-0.1, -0.05) is 6.92 Å². The zero-order valence-electron chi connectivity index (χ0n) is 17.8. The SMILES string of the molecule is CC[C@@H]1[C@H](O)[C@H](NC)C2O[C@]3(O)C(OC2[C@H]1O)O[C@H](C)C[C@H]3NC(=O)Cc1cscn1. The predicted molar refractivity (Wildman–Crippen MR) is 110 cm³/mol. The Bertz CT molecular complexity index is 768. The van der Waals surface area contributed by atoms with Crippen molar-refractivity contribution in [3.8, 4) is 0 Å². The van der Waals surface area contributed by atoms with Gasteiger partial charge in [0.05, 0.1) is 48.0 Å². The van der Waals surface area contributed by atoms with E-state index in [1.807, 2.05) is 13.8 Å². The van der Waals surface area contributed by atoms with Crippen LogP contribution >= 0.6 is 11.3 Å². The molecule has 5 N–H and O–H groups in total. The van der Waals surface area contributed by atoms with Crippen LogP contribution in [0.25, 0.3) is 0 Å². The van der Waals surface area contributed by atoms with Crippen molar-refractivity contribution >= 4 is 17.2 Å². The summed E-state index contributed by atoms with van der Waals surface area (Å²) >= 11 is 1.40. The minimum atomic E-state index is -1.97. The number of nitrogens with one attached hydrogen (secondary N) is 2. The molecule has 0 aromatic carbocycles. The first-order valence-electron chi connectivity index (χ1n) is 10.7. The lowest BCUT2D eigenvalue weighted by Gasteiger charge is -2.58. The number of carbonyl (C=O) groups excluding carboxylic acids is 1. The highest BCUT2D eigenvalue weighted by atomic mass is 32.1. The molecule has 4 rings (SSSR count). The highest BCUT2D eigenvalue weighted by molar-refractivity contribution is 7.07. The lowest BCUT2D eigenvalue weighted by Crippen LogP contribution is -2.77. The average molecular weight is 458 g/mol. The Morgan fingerprint density at radius 3 is 2.74 bits per heavy atom. The number of hydrogen-bond acceptors (Lipinski definition) is 10. The molecular formula is C20H31N3O7S. The molecule has 3 aliphatic rings. The van der Waals surface area contributed by atoms with Gasteiger partial charge in [0.2, 0.25) is 18.0 Å². The number of aromatic nitrogens is 1. The van der Waals surface area contributed by atoms with E-state index in [-0.39, 0.29) is 18.4 Å². The summed E-state index contributed by atoms with van der Waals surface area (Å²) in [7, 11) is 1.68. The van der Waals surface area contributed by atoms with Crippen LogP contribution in [0.1, 0.15) is 32.4 Å². The maximum atomic E-state index is 12.6. The highest BCUT2D eigenvalue weighted by Crippen LogP contribution is 2.43. The molecule has 0 bridgehead atoms. The Balaban J connectivity index is 1.57. The maximum absolute atomic E-state index is 12.6. The van der Waals surface area contributed by atoms with Crippen LogP contribution in [0.3, 0.4) is 0 Å². The Hall–Kier alpha value is -1.18. The lowest BCUT2D eigenvalue weighted by molar-refractivity contribution is -0.450. The fourth-order valence-corrected chi connectivity index (χ4v) is 5.53. The van der Waals surface area contributed by atoms with Crippen molar-refractivity contribution in [1.82, 2.24) is 15.6 Å². The third-order valence-electron chi connectivity index (χ3n) is 6.59. The zero-order chi connectivity index (χ0) is 22.3. The van der Waals surface area contributed by atoms with Crippen LogP contribution in [-0.4, -0.2) is 87.9 Å². The number of fused-ring (bicyclic) bond motifs is 2. The molecule has 174 valence electrons. The molecule has 0 spiro atoms. The molecule has 3 unspecified atom stereocenters. The monoisotopic (exact) mass is 457 g/mol. The van der Waals surface area contributed by atoms with Gasteiger partial charge in [-0.2, -0.15) is 0 Å². The fourth-order valence-electron chi connectivity index (χ4n) is 4.98. The Labute approximate surface area is 184 Å². The number of ether oxygens (including phenoxy) is 3. The van der Waals surface area contributed by atoms with Crippen LogP contribution in [0.15, 0.2) is 10.9 Å². The molecular weight excluding hydrogens is 426 g/mol. The van der Waals surface area contributed by atoms with Gasteiger partial charge in [0.1, 0.15) is 12.2 Å². The lowest BCUT2D eigenvalue weighted by atomic mass is 9.74. The summed E-state index contributed by atoms with van der Waals surface area (Å²) in [5.41, 5.74) is 2.30. The van der Waals surface area contributed by atoms with E-state index < -0.39 is 54.5 Å². The van der Waals surface area contributed by atoms with E-state index in [9.17, 15) is 20.1 Å². The third-order valence-corrected chi connectivity index (χ3v) is 7.23. The van der Waals surface area contributed by atoms with Crippen LogP contribution in [-0.2, 0) is 25.4 Å². The van der Waals surface area contributed by atoms with Crippen molar-refractivity contribution in [2.24, 2.45) is 5.92 Å². The summed E-state index contributed by atoms with van der Waals surface area (Å²) in [4.78, 5) is 16.7. The largest absolute Gasteiger partial charge is 0.391 e. The summed E-state index contributed by atoms with van der Waals surface area (Å²) < 4.78 is 18.0. The standard InChI is InChI=1S/C20H31N3O7S/c1-4-11-15(25)14(21-3)17-18(16(11)26)29-19-20(27,30-17)12(5-9(2)28-19)23-13(24)6-10-7-31-8-22-10/h7-9,11-12,14-19,21,25-27H,4-6H2,1-3H3,(H,23,24)/t9-,11-,12-,14+,15+,16+,17?,18?,19?,20+/m1/s1. The number of carbonyl (C=O) groups is 1. The Kier molecular flexibility index (Phi) is 6.67. The van der Waals surface area contributed by atoms with Crippen LogP contribution in [0.2, 0.25) is 0 Å². The van der Waals surface area contributed by atoms with Gasteiger partial charge in [0, 0.05) is 11.3 Å². The molecule has 1 saturated carbocycles. The first kappa shape index (κ1) is 23.0. The normalized spacial score (nSPS) is 44.9. The van der Waals surface area contributed by atoms with Crippen molar-refractivity contribution in [2.75, 3.05) is 7.05 Å². The summed E-state index contributed by atoms with van der Waals surface area (Å²) in [6, 6.07) is -1.38.